The van der Waals surface area contributed by atoms with Gasteiger partial charge in [-0.2, -0.15) is 5.10 Å². The van der Waals surface area contributed by atoms with Gasteiger partial charge in [-0.3, -0.25) is 14.3 Å². The maximum Gasteiger partial charge on any atom is 0.253 e. The van der Waals surface area contributed by atoms with E-state index < -0.39 is 0 Å². The molecule has 29 heavy (non-hydrogen) atoms. The topological polar surface area (TPSA) is 89.9 Å². The number of hydrogen-bond acceptors (Lipinski definition) is 7. The summed E-state index contributed by atoms with van der Waals surface area (Å²) in [6.45, 7) is 2.38. The first-order valence-electron chi connectivity index (χ1n) is 9.68. The fraction of sp³-hybridized carbons (Fsp3) is 0.286. The second-order valence-corrected chi connectivity index (χ2v) is 7.31. The summed E-state index contributed by atoms with van der Waals surface area (Å²) in [6.07, 6.45) is 10.4. The molecule has 0 aromatic carbocycles. The van der Waals surface area contributed by atoms with Crippen LogP contribution in [-0.4, -0.2) is 37.8 Å². The van der Waals surface area contributed by atoms with Crippen molar-refractivity contribution < 1.29 is 4.42 Å². The van der Waals surface area contributed by atoms with Crippen LogP contribution in [0.25, 0.3) is 22.2 Å². The van der Waals surface area contributed by atoms with Gasteiger partial charge < -0.3 is 9.32 Å². The zero-order valence-corrected chi connectivity index (χ0v) is 15.8. The summed E-state index contributed by atoms with van der Waals surface area (Å²) in [4.78, 5) is 23.3. The van der Waals surface area contributed by atoms with Crippen LogP contribution >= 0.6 is 0 Å². The summed E-state index contributed by atoms with van der Waals surface area (Å²) >= 11 is 0. The average molecular weight is 388 g/mol. The predicted molar refractivity (Wildman–Crippen MR) is 108 cm³/mol. The van der Waals surface area contributed by atoms with Crippen LogP contribution in [0.3, 0.4) is 0 Å². The minimum atomic E-state index is -0.0347. The number of piperidine rings is 1. The van der Waals surface area contributed by atoms with Gasteiger partial charge in [0.1, 0.15) is 0 Å². The lowest BCUT2D eigenvalue weighted by molar-refractivity contribution is 0.350. The van der Waals surface area contributed by atoms with Crippen molar-refractivity contribution in [3.8, 4) is 11.3 Å². The van der Waals surface area contributed by atoms with E-state index in [-0.39, 0.29) is 5.56 Å². The molecule has 0 bridgehead atoms. The molecule has 0 atom stereocenters. The van der Waals surface area contributed by atoms with E-state index in [1.54, 1.807) is 41.8 Å². The van der Waals surface area contributed by atoms with Gasteiger partial charge in [-0.25, -0.2) is 4.98 Å². The van der Waals surface area contributed by atoms with Gasteiger partial charge in [0.05, 0.1) is 24.5 Å². The molecule has 146 valence electrons. The third-order valence-corrected chi connectivity index (χ3v) is 5.45. The molecule has 5 rings (SSSR count). The number of hydrogen-bond donors (Lipinski definition) is 0. The fourth-order valence-electron chi connectivity index (χ4n) is 3.84. The van der Waals surface area contributed by atoms with Crippen molar-refractivity contribution in [3.63, 3.8) is 0 Å². The summed E-state index contributed by atoms with van der Waals surface area (Å²) in [6, 6.07) is 7.22. The largest absolute Gasteiger partial charge is 0.460 e. The Bertz CT molecular complexity index is 1180. The van der Waals surface area contributed by atoms with Crippen molar-refractivity contribution in [2.24, 2.45) is 5.92 Å². The van der Waals surface area contributed by atoms with E-state index in [0.717, 1.165) is 48.3 Å². The molecule has 0 spiro atoms. The number of pyridine rings is 1. The second-order valence-electron chi connectivity index (χ2n) is 7.31. The highest BCUT2D eigenvalue weighted by molar-refractivity contribution is 5.86. The Morgan fingerprint density at radius 3 is 2.86 bits per heavy atom. The summed E-state index contributed by atoms with van der Waals surface area (Å²) in [5.41, 5.74) is 2.25. The monoisotopic (exact) mass is 388 g/mol. The van der Waals surface area contributed by atoms with Gasteiger partial charge in [-0.1, -0.05) is 0 Å². The molecule has 1 aliphatic heterocycles. The van der Waals surface area contributed by atoms with Crippen LogP contribution in [0.15, 0.2) is 64.7 Å². The zero-order valence-electron chi connectivity index (χ0n) is 15.8. The highest BCUT2D eigenvalue weighted by Crippen LogP contribution is 2.28. The lowest BCUT2D eigenvalue weighted by Gasteiger charge is -2.32. The molecule has 4 aromatic heterocycles. The normalized spacial score (nSPS) is 15.1. The summed E-state index contributed by atoms with van der Waals surface area (Å²) in [7, 11) is 0. The molecule has 8 heteroatoms. The zero-order chi connectivity index (χ0) is 19.6. The van der Waals surface area contributed by atoms with Crippen molar-refractivity contribution in [1.82, 2.24) is 24.7 Å². The first kappa shape index (κ1) is 17.5. The van der Waals surface area contributed by atoms with Gasteiger partial charge in [0.2, 0.25) is 0 Å². The Balaban J connectivity index is 1.26. The van der Waals surface area contributed by atoms with Gasteiger partial charge in [-0.05, 0) is 37.0 Å². The first-order valence-corrected chi connectivity index (χ1v) is 9.68. The van der Waals surface area contributed by atoms with E-state index >= 15 is 0 Å². The molecular weight excluding hydrogens is 368 g/mol. The minimum absolute atomic E-state index is 0.0347. The molecule has 5 heterocycles. The van der Waals surface area contributed by atoms with Gasteiger partial charge in [0.25, 0.3) is 5.56 Å². The Morgan fingerprint density at radius 2 is 2.07 bits per heavy atom. The average Bonchev–Trinajstić information content (AvgIpc) is 3.25. The van der Waals surface area contributed by atoms with Crippen molar-refractivity contribution in [2.75, 3.05) is 18.0 Å². The van der Waals surface area contributed by atoms with Crippen molar-refractivity contribution >= 4 is 16.8 Å². The van der Waals surface area contributed by atoms with E-state index in [2.05, 4.69) is 25.1 Å². The molecule has 4 aromatic rings. The lowest BCUT2D eigenvalue weighted by atomic mass is 9.96. The number of furan rings is 1. The van der Waals surface area contributed by atoms with Crippen molar-refractivity contribution in [2.45, 2.75) is 19.4 Å². The third kappa shape index (κ3) is 3.49. The van der Waals surface area contributed by atoms with Crippen LogP contribution in [0.5, 0.6) is 0 Å². The van der Waals surface area contributed by atoms with E-state index in [1.165, 1.54) is 0 Å². The number of fused-ring (bicyclic) bond motifs is 1. The highest BCUT2D eigenvalue weighted by atomic mass is 16.3. The molecule has 0 saturated carbocycles. The minimum Gasteiger partial charge on any atom is -0.460 e. The first-order chi connectivity index (χ1) is 14.3. The van der Waals surface area contributed by atoms with E-state index in [0.29, 0.717) is 18.2 Å². The predicted octanol–water partition coefficient (Wildman–Crippen LogP) is 2.76. The van der Waals surface area contributed by atoms with Gasteiger partial charge in [0.15, 0.2) is 11.4 Å². The van der Waals surface area contributed by atoms with Crippen LogP contribution in [0.1, 0.15) is 12.8 Å². The van der Waals surface area contributed by atoms with Gasteiger partial charge in [0, 0.05) is 49.0 Å². The Labute approximate surface area is 166 Å². The number of aromatic nitrogens is 5. The summed E-state index contributed by atoms with van der Waals surface area (Å²) < 4.78 is 7.29. The molecule has 0 unspecified atom stereocenters. The standard InChI is InChI=1S/C21H20N6O2/c28-19-10-18(16-2-1-6-22-11-16)23-14-27(19)13-15-3-7-26(8-4-15)21-20-17(5-9-29-20)12-24-25-21/h1-2,5-6,9-12,14-15H,3-4,7-8,13H2. The lowest BCUT2D eigenvalue weighted by Crippen LogP contribution is -2.37. The number of rotatable bonds is 4. The molecule has 0 N–H and O–H groups in total. The molecule has 1 fully saturated rings. The summed E-state index contributed by atoms with van der Waals surface area (Å²) in [5.74, 6) is 1.21. The van der Waals surface area contributed by atoms with Crippen LogP contribution in [0.2, 0.25) is 0 Å². The molecule has 1 aliphatic rings. The Hall–Kier alpha value is -3.55. The quantitative estimate of drug-likeness (QED) is 0.531. The van der Waals surface area contributed by atoms with Crippen LogP contribution in [0.4, 0.5) is 5.82 Å². The molecule has 8 nitrogen and oxygen atoms in total. The molecule has 0 aliphatic carbocycles. The van der Waals surface area contributed by atoms with Gasteiger partial charge in [-0.15, -0.1) is 5.10 Å². The molecule has 0 radical (unpaired) electrons. The van der Waals surface area contributed by atoms with Crippen molar-refractivity contribution in [1.29, 1.82) is 0 Å². The maximum absolute atomic E-state index is 12.6. The summed E-state index contributed by atoms with van der Waals surface area (Å²) in [5, 5.41) is 9.32. The third-order valence-electron chi connectivity index (χ3n) is 5.45. The Morgan fingerprint density at radius 1 is 1.17 bits per heavy atom. The molecular formula is C21H20N6O2. The fourth-order valence-corrected chi connectivity index (χ4v) is 3.84. The highest BCUT2D eigenvalue weighted by Gasteiger charge is 2.23. The van der Waals surface area contributed by atoms with Gasteiger partial charge >= 0.3 is 0 Å². The number of nitrogens with zero attached hydrogens (tertiary/aromatic N) is 6. The molecule has 0 amide bonds. The number of anilines is 1. The van der Waals surface area contributed by atoms with E-state index in [9.17, 15) is 4.79 Å². The second kappa shape index (κ2) is 7.46. The van der Waals surface area contributed by atoms with E-state index in [1.807, 2.05) is 18.2 Å². The van der Waals surface area contributed by atoms with Crippen molar-refractivity contribution in [3.05, 3.63) is 65.8 Å². The van der Waals surface area contributed by atoms with Crippen LogP contribution in [0, 0.1) is 5.92 Å². The smallest absolute Gasteiger partial charge is 0.253 e. The Kier molecular flexibility index (Phi) is 4.51. The van der Waals surface area contributed by atoms with Crippen LogP contribution < -0.4 is 10.5 Å². The SMILES string of the molecule is O=c1cc(-c2cccnc2)ncn1CC1CCN(c2nncc3ccoc23)CC1. The van der Waals surface area contributed by atoms with Crippen LogP contribution in [-0.2, 0) is 6.54 Å². The van der Waals surface area contributed by atoms with E-state index in [4.69, 9.17) is 4.42 Å². The molecule has 1 saturated heterocycles. The maximum atomic E-state index is 12.6.